The van der Waals surface area contributed by atoms with Gasteiger partial charge in [0.2, 0.25) is 0 Å². The molecule has 0 unspecified atom stereocenters. The van der Waals surface area contributed by atoms with Gasteiger partial charge in [-0.15, -0.1) is 0 Å². The molecule has 0 amide bonds. The molecule has 0 aliphatic carbocycles. The van der Waals surface area contributed by atoms with Crippen molar-refractivity contribution in [2.75, 3.05) is 0 Å². The average molecular weight is 315 g/mol. The van der Waals surface area contributed by atoms with Crippen LogP contribution < -0.4 is 5.46 Å². The monoisotopic (exact) mass is 314 g/mol. The highest BCUT2D eigenvalue weighted by molar-refractivity contribution is 6.64. The Balaban J connectivity index is 2.06. The molecular formula is C18H20BClO2. The Labute approximate surface area is 137 Å². The summed E-state index contributed by atoms with van der Waals surface area (Å²) in [6, 6.07) is 16.0. The second kappa shape index (κ2) is 5.41. The molecule has 2 aromatic rings. The zero-order valence-corrected chi connectivity index (χ0v) is 14.1. The zero-order chi connectivity index (χ0) is 16.0. The summed E-state index contributed by atoms with van der Waals surface area (Å²) in [5.74, 6) is 0. The Morgan fingerprint density at radius 1 is 0.773 bits per heavy atom. The smallest absolute Gasteiger partial charge is 0.399 e. The molecule has 1 aliphatic rings. The number of hydrogen-bond donors (Lipinski definition) is 0. The van der Waals surface area contributed by atoms with Crippen molar-refractivity contribution >= 4 is 24.2 Å². The molecule has 22 heavy (non-hydrogen) atoms. The predicted molar refractivity (Wildman–Crippen MR) is 92.6 cm³/mol. The fourth-order valence-corrected chi connectivity index (χ4v) is 2.84. The summed E-state index contributed by atoms with van der Waals surface area (Å²) in [4.78, 5) is 0. The highest BCUT2D eigenvalue weighted by Gasteiger charge is 2.52. The van der Waals surface area contributed by atoms with Crippen LogP contribution in [0, 0.1) is 0 Å². The SMILES string of the molecule is CC1(C)OB(c2ccccc2-c2ccccc2Cl)OC1(C)C. The van der Waals surface area contributed by atoms with Gasteiger partial charge < -0.3 is 9.31 Å². The lowest BCUT2D eigenvalue weighted by molar-refractivity contribution is 0.00578. The van der Waals surface area contributed by atoms with Gasteiger partial charge in [-0.2, -0.15) is 0 Å². The van der Waals surface area contributed by atoms with E-state index in [-0.39, 0.29) is 11.2 Å². The molecule has 0 bridgehead atoms. The van der Waals surface area contributed by atoms with Gasteiger partial charge >= 0.3 is 7.12 Å². The van der Waals surface area contributed by atoms with Crippen molar-refractivity contribution in [3.63, 3.8) is 0 Å². The van der Waals surface area contributed by atoms with Gasteiger partial charge in [0.05, 0.1) is 11.2 Å². The third-order valence-electron chi connectivity index (χ3n) is 4.63. The number of halogens is 1. The summed E-state index contributed by atoms with van der Waals surface area (Å²) >= 11 is 6.37. The molecule has 1 aliphatic heterocycles. The maximum absolute atomic E-state index is 6.37. The van der Waals surface area contributed by atoms with Crippen LogP contribution >= 0.6 is 11.6 Å². The van der Waals surface area contributed by atoms with Crippen LogP contribution in [0.5, 0.6) is 0 Å². The van der Waals surface area contributed by atoms with Crippen molar-refractivity contribution in [1.82, 2.24) is 0 Å². The van der Waals surface area contributed by atoms with Crippen molar-refractivity contribution < 1.29 is 9.31 Å². The first kappa shape index (κ1) is 15.6. The topological polar surface area (TPSA) is 18.5 Å². The van der Waals surface area contributed by atoms with Gasteiger partial charge in [-0.05, 0) is 50.4 Å². The summed E-state index contributed by atoms with van der Waals surface area (Å²) in [6.07, 6.45) is 0. The lowest BCUT2D eigenvalue weighted by Crippen LogP contribution is -2.41. The van der Waals surface area contributed by atoms with Gasteiger partial charge in [0.25, 0.3) is 0 Å². The third kappa shape index (κ3) is 2.58. The normalized spacial score (nSPS) is 19.4. The fraction of sp³-hybridized carbons (Fsp3) is 0.333. The number of hydrogen-bond acceptors (Lipinski definition) is 2. The number of rotatable bonds is 2. The van der Waals surface area contributed by atoms with Crippen molar-refractivity contribution in [2.45, 2.75) is 38.9 Å². The molecule has 1 saturated heterocycles. The zero-order valence-electron chi connectivity index (χ0n) is 13.4. The van der Waals surface area contributed by atoms with Crippen LogP contribution in [0.3, 0.4) is 0 Å². The maximum Gasteiger partial charge on any atom is 0.495 e. The summed E-state index contributed by atoms with van der Waals surface area (Å²) in [7, 11) is -0.391. The first-order chi connectivity index (χ1) is 10.3. The van der Waals surface area contributed by atoms with Gasteiger partial charge in [0, 0.05) is 5.02 Å². The minimum absolute atomic E-state index is 0.356. The minimum atomic E-state index is -0.391. The molecule has 1 heterocycles. The first-order valence-corrected chi connectivity index (χ1v) is 7.89. The van der Waals surface area contributed by atoms with Crippen molar-refractivity contribution in [3.8, 4) is 11.1 Å². The predicted octanol–water partition coefficient (Wildman–Crippen LogP) is 4.31. The molecule has 114 valence electrons. The van der Waals surface area contributed by atoms with E-state index in [1.165, 1.54) is 0 Å². The van der Waals surface area contributed by atoms with Crippen molar-refractivity contribution in [3.05, 3.63) is 53.6 Å². The van der Waals surface area contributed by atoms with E-state index < -0.39 is 7.12 Å². The molecule has 0 spiro atoms. The Bertz CT molecular complexity index is 681. The van der Waals surface area contributed by atoms with Gasteiger partial charge in [0.15, 0.2) is 0 Å². The highest BCUT2D eigenvalue weighted by atomic mass is 35.5. The maximum atomic E-state index is 6.37. The van der Waals surface area contributed by atoms with Crippen LogP contribution in [0.2, 0.25) is 5.02 Å². The van der Waals surface area contributed by atoms with Crippen LogP contribution in [0.4, 0.5) is 0 Å². The van der Waals surface area contributed by atoms with Crippen molar-refractivity contribution in [2.24, 2.45) is 0 Å². The lowest BCUT2D eigenvalue weighted by Gasteiger charge is -2.32. The summed E-state index contributed by atoms with van der Waals surface area (Å²) in [6.45, 7) is 8.24. The second-order valence-corrected chi connectivity index (χ2v) is 7.06. The second-order valence-electron chi connectivity index (χ2n) is 6.66. The molecule has 2 nitrogen and oxygen atoms in total. The fourth-order valence-electron chi connectivity index (χ4n) is 2.60. The van der Waals surface area contributed by atoms with Gasteiger partial charge in [-0.1, -0.05) is 54.1 Å². The van der Waals surface area contributed by atoms with Crippen LogP contribution in [0.1, 0.15) is 27.7 Å². The van der Waals surface area contributed by atoms with E-state index in [1.54, 1.807) is 0 Å². The van der Waals surface area contributed by atoms with E-state index in [0.717, 1.165) is 21.6 Å². The molecular weight excluding hydrogens is 294 g/mol. The molecule has 3 rings (SSSR count). The van der Waals surface area contributed by atoms with Gasteiger partial charge in [-0.25, -0.2) is 0 Å². The van der Waals surface area contributed by atoms with Crippen LogP contribution in [-0.2, 0) is 9.31 Å². The van der Waals surface area contributed by atoms with E-state index in [9.17, 15) is 0 Å². The Hall–Kier alpha value is -1.29. The van der Waals surface area contributed by atoms with E-state index >= 15 is 0 Å². The molecule has 4 heteroatoms. The van der Waals surface area contributed by atoms with Crippen LogP contribution in [0.15, 0.2) is 48.5 Å². The Kier molecular flexibility index (Phi) is 3.84. The minimum Gasteiger partial charge on any atom is -0.399 e. The van der Waals surface area contributed by atoms with Gasteiger partial charge in [-0.3, -0.25) is 0 Å². The molecule has 0 N–H and O–H groups in total. The third-order valence-corrected chi connectivity index (χ3v) is 4.96. The average Bonchev–Trinajstić information content (AvgIpc) is 2.68. The van der Waals surface area contributed by atoms with E-state index in [2.05, 4.69) is 33.8 Å². The summed E-state index contributed by atoms with van der Waals surface area (Å²) < 4.78 is 12.4. The quantitative estimate of drug-likeness (QED) is 0.769. The van der Waals surface area contributed by atoms with Gasteiger partial charge in [0.1, 0.15) is 0 Å². The highest BCUT2D eigenvalue weighted by Crippen LogP contribution is 2.37. The standard InChI is InChI=1S/C18H20BClO2/c1-17(2)18(3,4)22-19(21-17)15-11-7-5-9-13(15)14-10-6-8-12-16(14)20/h5-12H,1-4H3. The van der Waals surface area contributed by atoms with E-state index in [4.69, 9.17) is 20.9 Å². The van der Waals surface area contributed by atoms with Crippen LogP contribution in [0.25, 0.3) is 11.1 Å². The van der Waals surface area contributed by atoms with E-state index in [1.807, 2.05) is 42.5 Å². The van der Waals surface area contributed by atoms with Crippen LogP contribution in [-0.4, -0.2) is 18.3 Å². The lowest BCUT2D eigenvalue weighted by atomic mass is 9.74. The molecule has 1 fully saturated rings. The van der Waals surface area contributed by atoms with E-state index in [0.29, 0.717) is 0 Å². The molecule has 0 saturated carbocycles. The summed E-state index contributed by atoms with van der Waals surface area (Å²) in [5, 5.41) is 0.728. The number of benzene rings is 2. The molecule has 2 aromatic carbocycles. The largest absolute Gasteiger partial charge is 0.495 e. The molecule has 0 atom stereocenters. The molecule has 0 radical (unpaired) electrons. The van der Waals surface area contributed by atoms with Crippen molar-refractivity contribution in [1.29, 1.82) is 0 Å². The Morgan fingerprint density at radius 3 is 1.86 bits per heavy atom. The first-order valence-electron chi connectivity index (χ1n) is 7.51. The Morgan fingerprint density at radius 2 is 1.27 bits per heavy atom. The molecule has 0 aromatic heterocycles. The summed E-state index contributed by atoms with van der Waals surface area (Å²) in [5.41, 5.74) is 2.34.